The third-order valence-corrected chi connectivity index (χ3v) is 2.44. The minimum Gasteiger partial charge on any atom is -0.460 e. The van der Waals surface area contributed by atoms with Crippen molar-refractivity contribution in [3.63, 3.8) is 0 Å². The summed E-state index contributed by atoms with van der Waals surface area (Å²) in [5.74, 6) is -0.297. The molecule has 5 nitrogen and oxygen atoms in total. The molecule has 1 aliphatic heterocycles. The van der Waals surface area contributed by atoms with Gasteiger partial charge in [0.2, 0.25) is 5.91 Å². The van der Waals surface area contributed by atoms with E-state index in [0.29, 0.717) is 0 Å². The van der Waals surface area contributed by atoms with E-state index in [9.17, 15) is 9.59 Å². The fraction of sp³-hybridized carbons (Fsp3) is 0.278. The SMILES string of the molecule is C=CC(=O)OCCO.C=Cc1ccccc1.O=C1CCCN1.[CH3]. The minimum atomic E-state index is -0.501. The minimum absolute atomic E-state index is 0. The lowest BCUT2D eigenvalue weighted by molar-refractivity contribution is -0.138. The van der Waals surface area contributed by atoms with Gasteiger partial charge in [0.15, 0.2) is 0 Å². The maximum atomic E-state index is 10.1. The first-order valence-electron chi connectivity index (χ1n) is 6.98. The number of aliphatic hydroxyl groups excluding tert-OH is 1. The van der Waals surface area contributed by atoms with Gasteiger partial charge < -0.3 is 15.2 Å². The van der Waals surface area contributed by atoms with E-state index >= 15 is 0 Å². The molecule has 0 atom stereocenters. The number of amides is 1. The summed E-state index contributed by atoms with van der Waals surface area (Å²) in [6, 6.07) is 10.0. The molecule has 1 amide bonds. The predicted molar refractivity (Wildman–Crippen MR) is 93.4 cm³/mol. The molecule has 0 aromatic heterocycles. The molecule has 1 aromatic rings. The maximum Gasteiger partial charge on any atom is 0.330 e. The summed E-state index contributed by atoms with van der Waals surface area (Å²) < 4.78 is 4.33. The third kappa shape index (κ3) is 14.3. The van der Waals surface area contributed by atoms with Gasteiger partial charge in [-0.3, -0.25) is 4.79 Å². The first kappa shape index (κ1) is 22.9. The van der Waals surface area contributed by atoms with Gasteiger partial charge in [-0.2, -0.15) is 0 Å². The molecule has 1 saturated heterocycles. The predicted octanol–water partition coefficient (Wildman–Crippen LogP) is 2.38. The summed E-state index contributed by atoms with van der Waals surface area (Å²) in [6.07, 6.45) is 4.65. The standard InChI is InChI=1S/C8H8.C5H8O3.C4H7NO.CH3/c1-2-8-6-4-3-5-7-8;1-2-5(7)8-4-3-6;6-4-2-1-3-5-4;/h2-7H,1H2;2,6H,1,3-4H2;1-3H2,(H,5,6);1H3. The summed E-state index contributed by atoms with van der Waals surface area (Å²) >= 11 is 0. The van der Waals surface area contributed by atoms with Gasteiger partial charge in [0.25, 0.3) is 0 Å². The largest absolute Gasteiger partial charge is 0.460 e. The highest BCUT2D eigenvalue weighted by molar-refractivity contribution is 5.81. The Bertz CT molecular complexity index is 449. The normalized spacial score (nSPS) is 11.3. The molecule has 2 rings (SSSR count). The number of aliphatic hydroxyl groups is 1. The van der Waals surface area contributed by atoms with Crippen LogP contribution in [0.5, 0.6) is 0 Å². The molecular formula is C18H26NO4. The summed E-state index contributed by atoms with van der Waals surface area (Å²) in [6.45, 7) is 7.58. The molecule has 0 saturated carbocycles. The van der Waals surface area contributed by atoms with Crippen LogP contribution in [0.4, 0.5) is 0 Å². The number of rotatable bonds is 4. The Morgan fingerprint density at radius 3 is 2.26 bits per heavy atom. The fourth-order valence-corrected chi connectivity index (χ4v) is 1.36. The van der Waals surface area contributed by atoms with E-state index in [0.717, 1.165) is 25.5 Å². The molecule has 0 aliphatic carbocycles. The molecule has 1 radical (unpaired) electrons. The van der Waals surface area contributed by atoms with Gasteiger partial charge in [-0.05, 0) is 12.0 Å². The van der Waals surface area contributed by atoms with E-state index in [1.807, 2.05) is 36.4 Å². The molecule has 5 heteroatoms. The van der Waals surface area contributed by atoms with Crippen LogP contribution in [0.2, 0.25) is 0 Å². The maximum absolute atomic E-state index is 10.1. The lowest BCUT2D eigenvalue weighted by atomic mass is 10.2. The van der Waals surface area contributed by atoms with Crippen molar-refractivity contribution in [3.8, 4) is 0 Å². The van der Waals surface area contributed by atoms with Crippen molar-refractivity contribution in [1.82, 2.24) is 5.32 Å². The Morgan fingerprint density at radius 2 is 1.96 bits per heavy atom. The summed E-state index contributed by atoms with van der Waals surface area (Å²) in [4.78, 5) is 20.3. The molecule has 1 aromatic carbocycles. The van der Waals surface area contributed by atoms with Gasteiger partial charge >= 0.3 is 5.97 Å². The van der Waals surface area contributed by atoms with Crippen molar-refractivity contribution >= 4 is 18.0 Å². The molecule has 127 valence electrons. The Hall–Kier alpha value is -2.40. The van der Waals surface area contributed by atoms with Crippen molar-refractivity contribution in [2.75, 3.05) is 19.8 Å². The second kappa shape index (κ2) is 16.0. The molecule has 1 fully saturated rings. The highest BCUT2D eigenvalue weighted by atomic mass is 16.5. The Labute approximate surface area is 138 Å². The molecule has 2 N–H and O–H groups in total. The lowest BCUT2D eigenvalue weighted by Gasteiger charge is -1.94. The molecular weight excluding hydrogens is 294 g/mol. The van der Waals surface area contributed by atoms with Gasteiger partial charge in [-0.15, -0.1) is 0 Å². The van der Waals surface area contributed by atoms with Crippen molar-refractivity contribution in [1.29, 1.82) is 0 Å². The average Bonchev–Trinajstić information content (AvgIpc) is 3.05. The van der Waals surface area contributed by atoms with Gasteiger partial charge in [-0.1, -0.05) is 57.0 Å². The summed E-state index contributed by atoms with van der Waals surface area (Å²) in [5.41, 5.74) is 1.17. The third-order valence-electron chi connectivity index (χ3n) is 2.44. The number of carbonyl (C=O) groups excluding carboxylic acids is 2. The first-order valence-corrected chi connectivity index (χ1v) is 6.98. The van der Waals surface area contributed by atoms with Crippen LogP contribution >= 0.6 is 0 Å². The molecule has 0 unspecified atom stereocenters. The van der Waals surface area contributed by atoms with Crippen molar-refractivity contribution in [2.24, 2.45) is 0 Å². The van der Waals surface area contributed by atoms with Gasteiger partial charge in [0, 0.05) is 19.0 Å². The Balaban J connectivity index is 0. The van der Waals surface area contributed by atoms with Crippen molar-refractivity contribution in [3.05, 3.63) is 62.6 Å². The topological polar surface area (TPSA) is 75.6 Å². The highest BCUT2D eigenvalue weighted by Gasteiger charge is 2.05. The van der Waals surface area contributed by atoms with Crippen LogP contribution in [0.25, 0.3) is 6.08 Å². The van der Waals surface area contributed by atoms with Gasteiger partial charge in [0.05, 0.1) is 6.61 Å². The second-order valence-electron chi connectivity index (χ2n) is 4.16. The van der Waals surface area contributed by atoms with Crippen molar-refractivity contribution in [2.45, 2.75) is 12.8 Å². The number of ether oxygens (including phenoxy) is 1. The van der Waals surface area contributed by atoms with Crippen LogP contribution in [0, 0.1) is 7.43 Å². The van der Waals surface area contributed by atoms with Crippen molar-refractivity contribution < 1.29 is 19.4 Å². The Morgan fingerprint density at radius 1 is 1.30 bits per heavy atom. The van der Waals surface area contributed by atoms with Crippen LogP contribution in [0.15, 0.2) is 49.6 Å². The number of hydrogen-bond acceptors (Lipinski definition) is 4. The average molecular weight is 320 g/mol. The number of nitrogens with one attached hydrogen (secondary N) is 1. The van der Waals surface area contributed by atoms with E-state index in [1.54, 1.807) is 0 Å². The highest BCUT2D eigenvalue weighted by Crippen LogP contribution is 1.97. The summed E-state index contributed by atoms with van der Waals surface area (Å²) in [5, 5.41) is 10.8. The lowest BCUT2D eigenvalue weighted by Crippen LogP contribution is -2.12. The van der Waals surface area contributed by atoms with Crippen LogP contribution in [-0.4, -0.2) is 36.7 Å². The molecule has 1 aliphatic rings. The number of benzene rings is 1. The fourth-order valence-electron chi connectivity index (χ4n) is 1.36. The quantitative estimate of drug-likeness (QED) is 0.660. The van der Waals surface area contributed by atoms with Crippen LogP contribution in [-0.2, 0) is 14.3 Å². The van der Waals surface area contributed by atoms with Crippen LogP contribution in [0.3, 0.4) is 0 Å². The first-order chi connectivity index (χ1) is 10.6. The zero-order valence-electron chi connectivity index (χ0n) is 13.7. The monoisotopic (exact) mass is 320 g/mol. The number of hydrogen-bond donors (Lipinski definition) is 2. The Kier molecular flexibility index (Phi) is 15.9. The number of esters is 1. The van der Waals surface area contributed by atoms with E-state index in [4.69, 9.17) is 5.11 Å². The molecule has 0 spiro atoms. The van der Waals surface area contributed by atoms with Gasteiger partial charge in [0.1, 0.15) is 6.61 Å². The van der Waals surface area contributed by atoms with Gasteiger partial charge in [-0.25, -0.2) is 4.79 Å². The van der Waals surface area contributed by atoms with Crippen LogP contribution in [0.1, 0.15) is 18.4 Å². The zero-order valence-corrected chi connectivity index (χ0v) is 13.7. The second-order valence-corrected chi connectivity index (χ2v) is 4.16. The zero-order chi connectivity index (χ0) is 16.6. The van der Waals surface area contributed by atoms with E-state index in [-0.39, 0.29) is 26.5 Å². The smallest absolute Gasteiger partial charge is 0.330 e. The molecule has 0 bridgehead atoms. The molecule has 23 heavy (non-hydrogen) atoms. The number of carbonyl (C=O) groups is 2. The van der Waals surface area contributed by atoms with E-state index in [2.05, 4.69) is 23.2 Å². The van der Waals surface area contributed by atoms with E-state index < -0.39 is 5.97 Å². The molecule has 1 heterocycles. The summed E-state index contributed by atoms with van der Waals surface area (Å²) in [7, 11) is 0. The van der Waals surface area contributed by atoms with E-state index in [1.165, 1.54) is 5.56 Å². The van der Waals surface area contributed by atoms with Crippen LogP contribution < -0.4 is 5.32 Å².